The zero-order valence-corrected chi connectivity index (χ0v) is 9.07. The SMILES string of the molecule is CN(Cc1ccccn1)CC(C)(C)O. The van der Waals surface area contributed by atoms with Crippen LogP contribution in [0.1, 0.15) is 19.5 Å². The second kappa shape index (κ2) is 4.53. The largest absolute Gasteiger partial charge is 0.389 e. The molecule has 14 heavy (non-hydrogen) atoms. The zero-order valence-electron chi connectivity index (χ0n) is 9.07. The number of likely N-dealkylation sites (N-methyl/N-ethyl adjacent to an activating group) is 1. The van der Waals surface area contributed by atoms with Gasteiger partial charge < -0.3 is 5.11 Å². The van der Waals surface area contributed by atoms with E-state index in [4.69, 9.17) is 0 Å². The molecule has 0 aliphatic heterocycles. The number of hydrogen-bond donors (Lipinski definition) is 1. The van der Waals surface area contributed by atoms with Crippen molar-refractivity contribution in [3.05, 3.63) is 30.1 Å². The first-order valence-electron chi connectivity index (χ1n) is 4.78. The van der Waals surface area contributed by atoms with Crippen molar-refractivity contribution < 1.29 is 5.11 Å². The van der Waals surface area contributed by atoms with E-state index < -0.39 is 5.60 Å². The van der Waals surface area contributed by atoms with Crippen molar-refractivity contribution >= 4 is 0 Å². The molecule has 0 amide bonds. The molecule has 1 rings (SSSR count). The Bertz CT molecular complexity index is 266. The second-order valence-corrected chi connectivity index (χ2v) is 4.31. The fourth-order valence-corrected chi connectivity index (χ4v) is 1.48. The van der Waals surface area contributed by atoms with Crippen molar-refractivity contribution in [3.63, 3.8) is 0 Å². The van der Waals surface area contributed by atoms with Crippen LogP contribution in [-0.4, -0.2) is 34.2 Å². The van der Waals surface area contributed by atoms with Crippen LogP contribution in [0.2, 0.25) is 0 Å². The van der Waals surface area contributed by atoms with Gasteiger partial charge in [-0.3, -0.25) is 9.88 Å². The van der Waals surface area contributed by atoms with Gasteiger partial charge in [0.1, 0.15) is 0 Å². The minimum absolute atomic E-state index is 0.642. The maximum atomic E-state index is 9.60. The summed E-state index contributed by atoms with van der Waals surface area (Å²) in [6.45, 7) is 5.03. The number of aliphatic hydroxyl groups is 1. The predicted molar refractivity (Wildman–Crippen MR) is 56.9 cm³/mol. The van der Waals surface area contributed by atoms with Crippen molar-refractivity contribution in [2.45, 2.75) is 26.0 Å². The summed E-state index contributed by atoms with van der Waals surface area (Å²) in [5.41, 5.74) is 0.378. The Morgan fingerprint density at radius 3 is 2.64 bits per heavy atom. The van der Waals surface area contributed by atoms with E-state index in [1.54, 1.807) is 6.20 Å². The molecule has 0 radical (unpaired) electrons. The second-order valence-electron chi connectivity index (χ2n) is 4.31. The average Bonchev–Trinajstić information content (AvgIpc) is 2.02. The third-order valence-electron chi connectivity index (χ3n) is 1.81. The van der Waals surface area contributed by atoms with Crippen molar-refractivity contribution in [2.24, 2.45) is 0 Å². The third-order valence-corrected chi connectivity index (χ3v) is 1.81. The Kier molecular flexibility index (Phi) is 3.61. The summed E-state index contributed by atoms with van der Waals surface area (Å²) in [4.78, 5) is 6.28. The summed E-state index contributed by atoms with van der Waals surface area (Å²) in [5, 5.41) is 9.60. The lowest BCUT2D eigenvalue weighted by Gasteiger charge is -2.24. The fourth-order valence-electron chi connectivity index (χ4n) is 1.48. The van der Waals surface area contributed by atoms with E-state index in [1.807, 2.05) is 39.1 Å². The summed E-state index contributed by atoms with van der Waals surface area (Å²) in [6.07, 6.45) is 1.78. The van der Waals surface area contributed by atoms with E-state index in [1.165, 1.54) is 0 Å². The summed E-state index contributed by atoms with van der Waals surface area (Å²) in [5.74, 6) is 0. The van der Waals surface area contributed by atoms with Crippen molar-refractivity contribution in [2.75, 3.05) is 13.6 Å². The molecule has 1 heterocycles. The highest BCUT2D eigenvalue weighted by Crippen LogP contribution is 2.06. The van der Waals surface area contributed by atoms with Crippen LogP contribution in [-0.2, 0) is 6.54 Å². The lowest BCUT2D eigenvalue weighted by molar-refractivity contribution is 0.0421. The van der Waals surface area contributed by atoms with Crippen molar-refractivity contribution in [1.82, 2.24) is 9.88 Å². The molecule has 0 spiro atoms. The number of hydrogen-bond acceptors (Lipinski definition) is 3. The average molecular weight is 194 g/mol. The monoisotopic (exact) mass is 194 g/mol. The third kappa shape index (κ3) is 4.35. The van der Waals surface area contributed by atoms with Gasteiger partial charge in [-0.05, 0) is 33.0 Å². The van der Waals surface area contributed by atoms with Gasteiger partial charge in [-0.2, -0.15) is 0 Å². The van der Waals surface area contributed by atoms with Crippen LogP contribution in [0.3, 0.4) is 0 Å². The Morgan fingerprint density at radius 2 is 2.14 bits per heavy atom. The molecule has 1 N–H and O–H groups in total. The Hall–Kier alpha value is -0.930. The molecule has 0 saturated heterocycles. The van der Waals surface area contributed by atoms with Gasteiger partial charge in [0.2, 0.25) is 0 Å². The van der Waals surface area contributed by atoms with Gasteiger partial charge in [0.05, 0.1) is 11.3 Å². The molecule has 0 aliphatic carbocycles. The van der Waals surface area contributed by atoms with Gasteiger partial charge in [-0.1, -0.05) is 6.07 Å². The first kappa shape index (κ1) is 11.1. The van der Waals surface area contributed by atoms with Gasteiger partial charge in [0.25, 0.3) is 0 Å². The molecule has 78 valence electrons. The first-order valence-corrected chi connectivity index (χ1v) is 4.78. The molecule has 0 fully saturated rings. The number of rotatable bonds is 4. The van der Waals surface area contributed by atoms with Gasteiger partial charge in [0.15, 0.2) is 0 Å². The Labute approximate surface area is 85.4 Å². The van der Waals surface area contributed by atoms with Crippen LogP contribution in [0.5, 0.6) is 0 Å². The van der Waals surface area contributed by atoms with Crippen molar-refractivity contribution in [1.29, 1.82) is 0 Å². The lowest BCUT2D eigenvalue weighted by atomic mass is 10.1. The number of aromatic nitrogens is 1. The highest BCUT2D eigenvalue weighted by Gasteiger charge is 2.15. The fraction of sp³-hybridized carbons (Fsp3) is 0.545. The normalized spacial score (nSPS) is 12.1. The smallest absolute Gasteiger partial charge is 0.0718 e. The standard InChI is InChI=1S/C11H18N2O/c1-11(2,14)9-13(3)8-10-6-4-5-7-12-10/h4-7,14H,8-9H2,1-3H3. The molecule has 0 bridgehead atoms. The molecular weight excluding hydrogens is 176 g/mol. The molecule has 3 nitrogen and oxygen atoms in total. The van der Waals surface area contributed by atoms with Crippen LogP contribution in [0, 0.1) is 0 Å². The topological polar surface area (TPSA) is 36.4 Å². The van der Waals surface area contributed by atoms with E-state index in [0.29, 0.717) is 6.54 Å². The van der Waals surface area contributed by atoms with E-state index in [0.717, 1.165) is 12.2 Å². The van der Waals surface area contributed by atoms with Gasteiger partial charge in [-0.15, -0.1) is 0 Å². The molecule has 3 heteroatoms. The van der Waals surface area contributed by atoms with E-state index >= 15 is 0 Å². The minimum atomic E-state index is -0.649. The quantitative estimate of drug-likeness (QED) is 0.784. The molecule has 0 aromatic carbocycles. The maximum absolute atomic E-state index is 9.60. The minimum Gasteiger partial charge on any atom is -0.389 e. The van der Waals surface area contributed by atoms with Gasteiger partial charge in [0, 0.05) is 19.3 Å². The number of pyridine rings is 1. The highest BCUT2D eigenvalue weighted by molar-refractivity contribution is 5.03. The van der Waals surface area contributed by atoms with E-state index in [2.05, 4.69) is 9.88 Å². The predicted octanol–water partition coefficient (Wildman–Crippen LogP) is 1.28. The molecule has 0 saturated carbocycles. The van der Waals surface area contributed by atoms with E-state index in [-0.39, 0.29) is 0 Å². The summed E-state index contributed by atoms with van der Waals surface area (Å²) < 4.78 is 0. The van der Waals surface area contributed by atoms with Crippen LogP contribution < -0.4 is 0 Å². The molecule has 0 aliphatic rings. The van der Waals surface area contributed by atoms with Gasteiger partial charge >= 0.3 is 0 Å². The molecule has 0 atom stereocenters. The molecule has 0 unspecified atom stereocenters. The summed E-state index contributed by atoms with van der Waals surface area (Å²) in [6, 6.07) is 5.86. The van der Waals surface area contributed by atoms with Crippen LogP contribution in [0.4, 0.5) is 0 Å². The van der Waals surface area contributed by atoms with Crippen LogP contribution in [0.15, 0.2) is 24.4 Å². The van der Waals surface area contributed by atoms with Crippen LogP contribution in [0.25, 0.3) is 0 Å². The highest BCUT2D eigenvalue weighted by atomic mass is 16.3. The lowest BCUT2D eigenvalue weighted by Crippen LogP contribution is -2.35. The van der Waals surface area contributed by atoms with Crippen LogP contribution >= 0.6 is 0 Å². The maximum Gasteiger partial charge on any atom is 0.0718 e. The Morgan fingerprint density at radius 1 is 1.43 bits per heavy atom. The van der Waals surface area contributed by atoms with Crippen molar-refractivity contribution in [3.8, 4) is 0 Å². The Balaban J connectivity index is 2.46. The zero-order chi connectivity index (χ0) is 10.6. The first-order chi connectivity index (χ1) is 6.47. The molecule has 1 aromatic heterocycles. The van der Waals surface area contributed by atoms with E-state index in [9.17, 15) is 5.11 Å². The molecule has 1 aromatic rings. The summed E-state index contributed by atoms with van der Waals surface area (Å²) >= 11 is 0. The number of nitrogens with zero attached hydrogens (tertiary/aromatic N) is 2. The molecular formula is C11H18N2O. The van der Waals surface area contributed by atoms with Gasteiger partial charge in [-0.25, -0.2) is 0 Å². The summed E-state index contributed by atoms with van der Waals surface area (Å²) in [7, 11) is 1.98.